The second-order valence-electron chi connectivity index (χ2n) is 6.49. The van der Waals surface area contributed by atoms with Crippen molar-refractivity contribution < 1.29 is 9.53 Å². The Morgan fingerprint density at radius 2 is 2.00 bits per heavy atom. The Labute approximate surface area is 180 Å². The van der Waals surface area contributed by atoms with Gasteiger partial charge >= 0.3 is 0 Å². The molecule has 0 aliphatic rings. The number of anilines is 1. The Balaban J connectivity index is 1.55. The van der Waals surface area contributed by atoms with Gasteiger partial charge in [-0.1, -0.05) is 30.0 Å². The van der Waals surface area contributed by atoms with Crippen molar-refractivity contribution in [3.63, 3.8) is 0 Å². The number of benzene rings is 2. The van der Waals surface area contributed by atoms with E-state index in [-0.39, 0.29) is 17.2 Å². The molecule has 10 heteroatoms. The number of thioether (sulfide) groups is 1. The fraction of sp³-hybridized carbons (Fsp3) is 0.250. The van der Waals surface area contributed by atoms with E-state index in [2.05, 4.69) is 19.0 Å². The first-order valence-electron chi connectivity index (χ1n) is 9.30. The largest absolute Gasteiger partial charge is 0.385 e. The van der Waals surface area contributed by atoms with Crippen molar-refractivity contribution in [3.05, 3.63) is 52.8 Å². The molecule has 0 aliphatic heterocycles. The smallest absolute Gasteiger partial charge is 0.262 e. The van der Waals surface area contributed by atoms with Crippen LogP contribution in [0.1, 0.15) is 6.42 Å². The zero-order valence-corrected chi connectivity index (χ0v) is 17.8. The summed E-state index contributed by atoms with van der Waals surface area (Å²) in [6.45, 7) is 1.01. The molecule has 4 aromatic rings. The highest BCUT2D eigenvalue weighted by atomic mass is 32.2. The third-order valence-corrected chi connectivity index (χ3v) is 5.97. The molecular formula is C20H19N5O3S2. The minimum atomic E-state index is -0.202. The second-order valence-corrected chi connectivity index (χ2v) is 7.96. The van der Waals surface area contributed by atoms with Crippen molar-refractivity contribution in [2.24, 2.45) is 0 Å². The molecule has 8 nitrogen and oxygen atoms in total. The second kappa shape index (κ2) is 9.33. The summed E-state index contributed by atoms with van der Waals surface area (Å²) < 4.78 is 15.1. The average Bonchev–Trinajstić information content (AvgIpc) is 3.24. The van der Waals surface area contributed by atoms with E-state index < -0.39 is 0 Å². The average molecular weight is 442 g/mol. The summed E-state index contributed by atoms with van der Waals surface area (Å²) in [6.07, 6.45) is 0.676. The molecular weight excluding hydrogens is 422 g/mol. The molecule has 0 atom stereocenters. The SMILES string of the molecule is COCCCn1c(SCC(=O)Nc2cccc3nsnc23)nc2ccccc2c1=O. The molecule has 0 saturated heterocycles. The number of hydrogen-bond acceptors (Lipinski definition) is 8. The summed E-state index contributed by atoms with van der Waals surface area (Å²) in [5.74, 6) is -0.0884. The quantitative estimate of drug-likeness (QED) is 0.255. The molecule has 2 heterocycles. The van der Waals surface area contributed by atoms with Crippen LogP contribution in [0.25, 0.3) is 21.9 Å². The summed E-state index contributed by atoms with van der Waals surface area (Å²) in [5, 5.41) is 3.95. The van der Waals surface area contributed by atoms with Crippen LogP contribution >= 0.6 is 23.5 Å². The van der Waals surface area contributed by atoms with Gasteiger partial charge in [0, 0.05) is 20.3 Å². The number of ether oxygens (including phenoxy) is 1. The van der Waals surface area contributed by atoms with E-state index in [9.17, 15) is 9.59 Å². The van der Waals surface area contributed by atoms with Crippen LogP contribution in [0.4, 0.5) is 5.69 Å². The molecule has 0 aliphatic carbocycles. The molecule has 154 valence electrons. The summed E-state index contributed by atoms with van der Waals surface area (Å²) in [4.78, 5) is 30.1. The number of fused-ring (bicyclic) bond motifs is 2. The number of carbonyl (C=O) groups excluding carboxylic acids is 1. The maximum absolute atomic E-state index is 13.0. The Kier molecular flexibility index (Phi) is 6.36. The first-order valence-corrected chi connectivity index (χ1v) is 11.0. The van der Waals surface area contributed by atoms with Gasteiger partial charge in [0.15, 0.2) is 5.16 Å². The van der Waals surface area contributed by atoms with Crippen molar-refractivity contribution in [2.75, 3.05) is 24.8 Å². The molecule has 1 N–H and O–H groups in total. The number of hydrogen-bond donors (Lipinski definition) is 1. The molecule has 0 saturated carbocycles. The third kappa shape index (κ3) is 4.35. The van der Waals surface area contributed by atoms with Crippen molar-refractivity contribution in [3.8, 4) is 0 Å². The van der Waals surface area contributed by atoms with Crippen molar-refractivity contribution in [1.29, 1.82) is 0 Å². The van der Waals surface area contributed by atoms with E-state index in [1.165, 1.54) is 11.8 Å². The minimum Gasteiger partial charge on any atom is -0.385 e. The number of para-hydroxylation sites is 1. The Morgan fingerprint density at radius 3 is 2.87 bits per heavy atom. The molecule has 0 unspecified atom stereocenters. The maximum atomic E-state index is 13.0. The van der Waals surface area contributed by atoms with Crippen LogP contribution in [0, 0.1) is 0 Å². The van der Waals surface area contributed by atoms with E-state index in [4.69, 9.17) is 4.74 Å². The van der Waals surface area contributed by atoms with Crippen molar-refractivity contribution >= 4 is 57.0 Å². The molecule has 0 spiro atoms. The van der Waals surface area contributed by atoms with Gasteiger partial charge in [-0.05, 0) is 30.7 Å². The van der Waals surface area contributed by atoms with E-state index in [0.29, 0.717) is 46.8 Å². The topological polar surface area (TPSA) is 99.0 Å². The molecule has 0 fully saturated rings. The van der Waals surface area contributed by atoms with Crippen LogP contribution in [-0.4, -0.2) is 43.7 Å². The van der Waals surface area contributed by atoms with Crippen LogP contribution < -0.4 is 10.9 Å². The highest BCUT2D eigenvalue weighted by Crippen LogP contribution is 2.22. The molecule has 0 bridgehead atoms. The highest BCUT2D eigenvalue weighted by molar-refractivity contribution is 7.99. The van der Waals surface area contributed by atoms with Gasteiger partial charge in [0.05, 0.1) is 34.1 Å². The Bertz CT molecular complexity index is 1250. The monoisotopic (exact) mass is 441 g/mol. The lowest BCUT2D eigenvalue weighted by Crippen LogP contribution is -2.25. The normalized spacial score (nSPS) is 11.2. The molecule has 1 amide bonds. The number of nitrogens with one attached hydrogen (secondary N) is 1. The molecule has 2 aromatic heterocycles. The van der Waals surface area contributed by atoms with Gasteiger partial charge in [0.25, 0.3) is 5.56 Å². The first kappa shape index (κ1) is 20.5. The number of rotatable bonds is 8. The van der Waals surface area contributed by atoms with Gasteiger partial charge in [-0.3, -0.25) is 14.2 Å². The van der Waals surface area contributed by atoms with Gasteiger partial charge in [-0.15, -0.1) is 0 Å². The lowest BCUT2D eigenvalue weighted by molar-refractivity contribution is -0.113. The molecule has 2 aromatic carbocycles. The molecule has 0 radical (unpaired) electrons. The van der Waals surface area contributed by atoms with Gasteiger partial charge < -0.3 is 10.1 Å². The first-order chi connectivity index (χ1) is 14.7. The van der Waals surface area contributed by atoms with Crippen molar-refractivity contribution in [1.82, 2.24) is 18.3 Å². The Morgan fingerprint density at radius 1 is 1.17 bits per heavy atom. The van der Waals surface area contributed by atoms with E-state index >= 15 is 0 Å². The lowest BCUT2D eigenvalue weighted by Gasteiger charge is -2.13. The standard InChI is InChI=1S/C20H19N5O3S2/c1-28-11-5-10-25-19(27)13-6-2-3-7-14(13)22-20(25)29-12-17(26)21-15-8-4-9-16-18(15)24-30-23-16/h2-4,6-9H,5,10-12H2,1H3,(H,21,26). The van der Waals surface area contributed by atoms with Crippen LogP contribution in [0.15, 0.2) is 52.4 Å². The lowest BCUT2D eigenvalue weighted by atomic mass is 10.2. The van der Waals surface area contributed by atoms with Gasteiger partial charge in [-0.25, -0.2) is 4.98 Å². The molecule has 4 rings (SSSR count). The van der Waals surface area contributed by atoms with E-state index in [1.54, 1.807) is 29.9 Å². The van der Waals surface area contributed by atoms with Gasteiger partial charge in [-0.2, -0.15) is 8.75 Å². The zero-order valence-electron chi connectivity index (χ0n) is 16.2. The number of carbonyl (C=O) groups is 1. The predicted octanol–water partition coefficient (Wildman–Crippen LogP) is 3.17. The van der Waals surface area contributed by atoms with Gasteiger partial charge in [0.2, 0.25) is 5.91 Å². The van der Waals surface area contributed by atoms with Crippen LogP contribution in [0.3, 0.4) is 0 Å². The number of aromatic nitrogens is 4. The zero-order chi connectivity index (χ0) is 20.9. The van der Waals surface area contributed by atoms with E-state index in [1.807, 2.05) is 24.3 Å². The van der Waals surface area contributed by atoms with Crippen LogP contribution in [-0.2, 0) is 16.1 Å². The van der Waals surface area contributed by atoms with Gasteiger partial charge in [0.1, 0.15) is 11.0 Å². The number of methoxy groups -OCH3 is 1. The summed E-state index contributed by atoms with van der Waals surface area (Å²) in [5.41, 5.74) is 2.54. The van der Waals surface area contributed by atoms with Crippen molar-refractivity contribution in [2.45, 2.75) is 18.1 Å². The fourth-order valence-corrected chi connectivity index (χ4v) is 4.42. The summed E-state index contributed by atoms with van der Waals surface area (Å²) in [7, 11) is 1.62. The number of amides is 1. The van der Waals surface area contributed by atoms with Crippen LogP contribution in [0.5, 0.6) is 0 Å². The number of nitrogens with zero attached hydrogens (tertiary/aromatic N) is 4. The minimum absolute atomic E-state index is 0.113. The maximum Gasteiger partial charge on any atom is 0.262 e. The highest BCUT2D eigenvalue weighted by Gasteiger charge is 2.14. The Hall–Kier alpha value is -2.82. The van der Waals surface area contributed by atoms with E-state index in [0.717, 1.165) is 17.2 Å². The summed E-state index contributed by atoms with van der Waals surface area (Å²) in [6, 6.07) is 12.7. The molecule has 30 heavy (non-hydrogen) atoms. The third-order valence-electron chi connectivity index (χ3n) is 4.45. The summed E-state index contributed by atoms with van der Waals surface area (Å²) >= 11 is 2.34. The van der Waals surface area contributed by atoms with Crippen LogP contribution in [0.2, 0.25) is 0 Å². The predicted molar refractivity (Wildman–Crippen MR) is 119 cm³/mol. The fourth-order valence-electron chi connectivity index (χ4n) is 3.05.